The molecule has 2 aromatic rings. The number of carbonyl (C=O) groups excluding carboxylic acids is 1. The quantitative estimate of drug-likeness (QED) is 0.508. The van der Waals surface area contributed by atoms with Gasteiger partial charge in [-0.15, -0.1) is 11.3 Å². The SMILES string of the molecule is CCSCc1c(C(=O)NN)sc2ccccc12. The highest BCUT2D eigenvalue weighted by Gasteiger charge is 2.16. The zero-order valence-electron chi connectivity index (χ0n) is 9.53. The fraction of sp³-hybridized carbons (Fsp3) is 0.250. The number of fused-ring (bicyclic) bond motifs is 1. The molecule has 0 saturated heterocycles. The number of hydrazine groups is 1. The Balaban J connectivity index is 2.52. The number of carbonyl (C=O) groups is 1. The van der Waals surface area contributed by atoms with E-state index in [1.54, 1.807) is 0 Å². The lowest BCUT2D eigenvalue weighted by Crippen LogP contribution is -2.29. The maximum absolute atomic E-state index is 11.7. The summed E-state index contributed by atoms with van der Waals surface area (Å²) in [7, 11) is 0. The summed E-state index contributed by atoms with van der Waals surface area (Å²) in [6.45, 7) is 2.11. The maximum atomic E-state index is 11.7. The van der Waals surface area contributed by atoms with Crippen molar-refractivity contribution in [3.63, 3.8) is 0 Å². The van der Waals surface area contributed by atoms with Crippen LogP contribution in [-0.2, 0) is 5.75 Å². The molecule has 0 atom stereocenters. The van der Waals surface area contributed by atoms with Gasteiger partial charge in [-0.3, -0.25) is 10.2 Å². The lowest BCUT2D eigenvalue weighted by atomic mass is 10.1. The Kier molecular flexibility index (Phi) is 4.04. The van der Waals surface area contributed by atoms with Crippen molar-refractivity contribution < 1.29 is 4.79 Å². The van der Waals surface area contributed by atoms with E-state index in [4.69, 9.17) is 5.84 Å². The van der Waals surface area contributed by atoms with E-state index in [0.717, 1.165) is 32.0 Å². The van der Waals surface area contributed by atoms with Gasteiger partial charge in [-0.05, 0) is 22.8 Å². The number of amides is 1. The molecule has 1 heterocycles. The van der Waals surface area contributed by atoms with Crippen LogP contribution in [0.15, 0.2) is 24.3 Å². The Morgan fingerprint density at radius 2 is 2.24 bits per heavy atom. The van der Waals surface area contributed by atoms with Gasteiger partial charge in [-0.2, -0.15) is 11.8 Å². The first-order chi connectivity index (χ1) is 8.27. The third kappa shape index (κ3) is 2.46. The summed E-state index contributed by atoms with van der Waals surface area (Å²) in [5.41, 5.74) is 3.32. The molecule has 3 nitrogen and oxygen atoms in total. The molecular weight excluding hydrogens is 252 g/mol. The average Bonchev–Trinajstić information content (AvgIpc) is 2.74. The fourth-order valence-electron chi connectivity index (χ4n) is 1.70. The highest BCUT2D eigenvalue weighted by Crippen LogP contribution is 2.33. The summed E-state index contributed by atoms with van der Waals surface area (Å²) in [6, 6.07) is 8.08. The van der Waals surface area contributed by atoms with Crippen LogP contribution >= 0.6 is 23.1 Å². The van der Waals surface area contributed by atoms with Crippen LogP contribution < -0.4 is 11.3 Å². The number of nitrogen functional groups attached to an aromatic ring is 1. The minimum atomic E-state index is -0.196. The number of nitrogens with two attached hydrogens (primary N) is 1. The summed E-state index contributed by atoms with van der Waals surface area (Å²) in [6.07, 6.45) is 0. The van der Waals surface area contributed by atoms with Gasteiger partial charge in [0.25, 0.3) is 5.91 Å². The normalized spacial score (nSPS) is 10.7. The van der Waals surface area contributed by atoms with Gasteiger partial charge in [0.15, 0.2) is 0 Å². The minimum Gasteiger partial charge on any atom is -0.289 e. The fourth-order valence-corrected chi connectivity index (χ4v) is 3.62. The van der Waals surface area contributed by atoms with Gasteiger partial charge in [0.1, 0.15) is 0 Å². The summed E-state index contributed by atoms with van der Waals surface area (Å²) in [4.78, 5) is 12.5. The van der Waals surface area contributed by atoms with Crippen LogP contribution in [0.5, 0.6) is 0 Å². The van der Waals surface area contributed by atoms with Crippen LogP contribution in [0.1, 0.15) is 22.2 Å². The van der Waals surface area contributed by atoms with Crippen molar-refractivity contribution in [1.29, 1.82) is 0 Å². The monoisotopic (exact) mass is 266 g/mol. The third-order valence-electron chi connectivity index (χ3n) is 2.49. The van der Waals surface area contributed by atoms with E-state index in [1.165, 1.54) is 11.3 Å². The second-order valence-corrected chi connectivity index (χ2v) is 5.84. The average molecular weight is 266 g/mol. The molecule has 0 aliphatic rings. The van der Waals surface area contributed by atoms with Crippen LogP contribution in [-0.4, -0.2) is 11.7 Å². The van der Waals surface area contributed by atoms with Gasteiger partial charge in [0.2, 0.25) is 0 Å². The van der Waals surface area contributed by atoms with Crippen molar-refractivity contribution in [3.05, 3.63) is 34.7 Å². The molecule has 90 valence electrons. The van der Waals surface area contributed by atoms with E-state index in [0.29, 0.717) is 0 Å². The number of thiophene rings is 1. The molecule has 3 N–H and O–H groups in total. The number of nitrogens with one attached hydrogen (secondary N) is 1. The molecule has 17 heavy (non-hydrogen) atoms. The van der Waals surface area contributed by atoms with Gasteiger partial charge >= 0.3 is 0 Å². The van der Waals surface area contributed by atoms with Crippen LogP contribution in [0.3, 0.4) is 0 Å². The first-order valence-corrected chi connectivity index (χ1v) is 7.34. The number of thioether (sulfide) groups is 1. The Labute approximate surface area is 108 Å². The van der Waals surface area contributed by atoms with Crippen molar-refractivity contribution in [2.75, 3.05) is 5.75 Å². The van der Waals surface area contributed by atoms with Gasteiger partial charge in [0, 0.05) is 10.5 Å². The molecule has 5 heteroatoms. The lowest BCUT2D eigenvalue weighted by molar-refractivity contribution is 0.0957. The Morgan fingerprint density at radius 1 is 1.47 bits per heavy atom. The molecule has 1 aromatic carbocycles. The summed E-state index contributed by atoms with van der Waals surface area (Å²) in [5.74, 6) is 6.91. The molecule has 0 unspecified atom stereocenters. The number of rotatable bonds is 4. The van der Waals surface area contributed by atoms with E-state index >= 15 is 0 Å². The highest BCUT2D eigenvalue weighted by molar-refractivity contribution is 7.98. The maximum Gasteiger partial charge on any atom is 0.275 e. The van der Waals surface area contributed by atoms with Crippen LogP contribution in [0.2, 0.25) is 0 Å². The molecule has 1 aromatic heterocycles. The van der Waals surface area contributed by atoms with Gasteiger partial charge in [-0.1, -0.05) is 25.1 Å². The van der Waals surface area contributed by atoms with Crippen LogP contribution in [0, 0.1) is 0 Å². The predicted molar refractivity (Wildman–Crippen MR) is 75.3 cm³/mol. The first-order valence-electron chi connectivity index (χ1n) is 5.37. The van der Waals surface area contributed by atoms with E-state index in [1.807, 2.05) is 30.0 Å². The summed E-state index contributed by atoms with van der Waals surface area (Å²) >= 11 is 3.31. The van der Waals surface area contributed by atoms with Crippen LogP contribution in [0.25, 0.3) is 10.1 Å². The second-order valence-electron chi connectivity index (χ2n) is 3.52. The Hall–Kier alpha value is -1.04. The highest BCUT2D eigenvalue weighted by atomic mass is 32.2. The molecule has 2 rings (SSSR count). The van der Waals surface area contributed by atoms with Crippen molar-refractivity contribution in [2.24, 2.45) is 5.84 Å². The molecule has 0 aliphatic heterocycles. The molecular formula is C12H14N2OS2. The zero-order valence-corrected chi connectivity index (χ0v) is 11.2. The molecule has 0 bridgehead atoms. The van der Waals surface area contributed by atoms with Gasteiger partial charge in [0.05, 0.1) is 4.88 Å². The van der Waals surface area contributed by atoms with E-state index < -0.39 is 0 Å². The Bertz CT molecular complexity index is 536. The first kappa shape index (κ1) is 12.4. The number of hydrogen-bond acceptors (Lipinski definition) is 4. The number of hydrogen-bond donors (Lipinski definition) is 2. The molecule has 0 aliphatic carbocycles. The molecule has 0 radical (unpaired) electrons. The minimum absolute atomic E-state index is 0.196. The van der Waals surface area contributed by atoms with E-state index in [2.05, 4.69) is 18.4 Å². The second kappa shape index (κ2) is 5.53. The standard InChI is InChI=1S/C12H14N2OS2/c1-2-16-7-9-8-5-3-4-6-10(8)17-11(9)12(15)14-13/h3-6H,2,7,13H2,1H3,(H,14,15). The van der Waals surface area contributed by atoms with Crippen molar-refractivity contribution >= 4 is 39.1 Å². The molecule has 1 amide bonds. The summed E-state index contributed by atoms with van der Waals surface area (Å²) < 4.78 is 1.14. The van der Waals surface area contributed by atoms with Crippen molar-refractivity contribution in [3.8, 4) is 0 Å². The number of benzene rings is 1. The topological polar surface area (TPSA) is 55.1 Å². The van der Waals surface area contributed by atoms with Crippen molar-refractivity contribution in [1.82, 2.24) is 5.43 Å². The predicted octanol–water partition coefficient (Wildman–Crippen LogP) is 2.76. The molecule has 0 spiro atoms. The van der Waals surface area contributed by atoms with E-state index in [-0.39, 0.29) is 5.91 Å². The van der Waals surface area contributed by atoms with E-state index in [9.17, 15) is 4.79 Å². The molecule has 0 saturated carbocycles. The van der Waals surface area contributed by atoms with Crippen molar-refractivity contribution in [2.45, 2.75) is 12.7 Å². The molecule has 0 fully saturated rings. The smallest absolute Gasteiger partial charge is 0.275 e. The van der Waals surface area contributed by atoms with Gasteiger partial charge < -0.3 is 0 Å². The Morgan fingerprint density at radius 3 is 2.94 bits per heavy atom. The third-order valence-corrected chi connectivity index (χ3v) is 4.60. The van der Waals surface area contributed by atoms with Gasteiger partial charge in [-0.25, -0.2) is 5.84 Å². The summed E-state index contributed by atoms with van der Waals surface area (Å²) in [5, 5.41) is 1.16. The van der Waals surface area contributed by atoms with Crippen LogP contribution in [0.4, 0.5) is 0 Å². The zero-order chi connectivity index (χ0) is 12.3. The lowest BCUT2D eigenvalue weighted by Gasteiger charge is -2.02. The largest absolute Gasteiger partial charge is 0.289 e.